The molecule has 15 heavy (non-hydrogen) atoms. The lowest BCUT2D eigenvalue weighted by Crippen LogP contribution is -2.56. The van der Waals surface area contributed by atoms with Crippen LogP contribution in [0.1, 0.15) is 33.6 Å². The van der Waals surface area contributed by atoms with E-state index in [1.807, 2.05) is 20.8 Å². The fraction of sp³-hybridized carbons (Fsp3) is 0.900. The summed E-state index contributed by atoms with van der Waals surface area (Å²) in [5.74, 6) is 0. The van der Waals surface area contributed by atoms with Crippen LogP contribution in [0.5, 0.6) is 0 Å². The van der Waals surface area contributed by atoms with Gasteiger partial charge in [0.1, 0.15) is 5.60 Å². The van der Waals surface area contributed by atoms with E-state index in [1.54, 1.807) is 4.90 Å². The van der Waals surface area contributed by atoms with E-state index in [1.165, 1.54) is 0 Å². The molecule has 4 nitrogen and oxygen atoms in total. The maximum Gasteiger partial charge on any atom is 0.410 e. The van der Waals surface area contributed by atoms with E-state index >= 15 is 0 Å². The molecule has 0 aliphatic carbocycles. The lowest BCUT2D eigenvalue weighted by atomic mass is 10.1. The van der Waals surface area contributed by atoms with Crippen LogP contribution in [-0.2, 0) is 4.74 Å². The number of hydrogen-bond donors (Lipinski definition) is 1. The zero-order chi connectivity index (χ0) is 11.7. The highest BCUT2D eigenvalue weighted by Gasteiger charge is 2.31. The van der Waals surface area contributed by atoms with Crippen molar-refractivity contribution in [1.82, 2.24) is 4.90 Å². The van der Waals surface area contributed by atoms with Crippen molar-refractivity contribution in [1.29, 1.82) is 0 Å². The van der Waals surface area contributed by atoms with Gasteiger partial charge in [0, 0.05) is 28.5 Å². The Kier molecular flexibility index (Phi) is 3.45. The van der Waals surface area contributed by atoms with E-state index in [-0.39, 0.29) is 11.3 Å². The molecule has 1 rings (SSSR count). The number of nitrogens with zero attached hydrogens (tertiary/aromatic N) is 1. The van der Waals surface area contributed by atoms with Crippen molar-refractivity contribution in [2.75, 3.05) is 13.1 Å². The van der Waals surface area contributed by atoms with E-state index in [9.17, 15) is 4.79 Å². The maximum atomic E-state index is 11.8. The van der Waals surface area contributed by atoms with Crippen molar-refractivity contribution in [3.8, 4) is 0 Å². The molecule has 88 valence electrons. The van der Waals surface area contributed by atoms with Crippen LogP contribution in [0.2, 0.25) is 0 Å². The number of ether oxygens (including phenoxy) is 1. The van der Waals surface area contributed by atoms with Gasteiger partial charge >= 0.3 is 6.09 Å². The number of piperidine rings is 1. The zero-order valence-electron chi connectivity index (χ0n) is 10.2. The van der Waals surface area contributed by atoms with Gasteiger partial charge in [0.05, 0.1) is 0 Å². The fourth-order valence-electron chi connectivity index (χ4n) is 1.75. The Morgan fingerprint density at radius 2 is 2.13 bits per heavy atom. The Bertz CT molecular complexity index is 248. The summed E-state index contributed by atoms with van der Waals surface area (Å²) in [5, 5.41) is -0.130. The van der Waals surface area contributed by atoms with E-state index in [2.05, 4.69) is 0 Å². The summed E-state index contributed by atoms with van der Waals surface area (Å²) < 4.78 is 5.32. The standard InChI is InChI=1S/C10H22N2O2Si/c1-9(2,3)14-8(13)12-6-4-5-10(11,15)7-12/h4-7,11H2,1-3,15H3/t10-/m0/s1. The molecule has 1 amide bonds. The van der Waals surface area contributed by atoms with Crippen LogP contribution < -0.4 is 5.73 Å². The number of carbonyl (C=O) groups excluding carboxylic acids is 1. The van der Waals surface area contributed by atoms with Gasteiger partial charge in [-0.3, -0.25) is 0 Å². The monoisotopic (exact) mass is 230 g/mol. The van der Waals surface area contributed by atoms with E-state index in [4.69, 9.17) is 10.5 Å². The Morgan fingerprint density at radius 1 is 1.53 bits per heavy atom. The predicted molar refractivity (Wildman–Crippen MR) is 63.9 cm³/mol. The van der Waals surface area contributed by atoms with Gasteiger partial charge in [0.2, 0.25) is 0 Å². The van der Waals surface area contributed by atoms with Crippen LogP contribution in [-0.4, -0.2) is 45.1 Å². The zero-order valence-corrected chi connectivity index (χ0v) is 12.2. The van der Waals surface area contributed by atoms with Gasteiger partial charge in [-0.15, -0.1) is 0 Å². The van der Waals surface area contributed by atoms with Gasteiger partial charge in [0.15, 0.2) is 0 Å². The SMILES string of the molecule is CC(C)(C)OC(=O)N1CCC[C@](N)([SiH3])C1. The molecule has 0 spiro atoms. The molecule has 1 heterocycles. The number of likely N-dealkylation sites (tertiary alicyclic amines) is 1. The Balaban J connectivity index is 2.53. The molecule has 0 radical (unpaired) electrons. The van der Waals surface area contributed by atoms with E-state index in [0.29, 0.717) is 6.54 Å². The Hall–Kier alpha value is -0.553. The summed E-state index contributed by atoms with van der Waals surface area (Å²) in [6, 6.07) is 0. The summed E-state index contributed by atoms with van der Waals surface area (Å²) >= 11 is 0. The number of rotatable bonds is 0. The highest BCUT2D eigenvalue weighted by atomic mass is 28.1. The minimum Gasteiger partial charge on any atom is -0.444 e. The summed E-state index contributed by atoms with van der Waals surface area (Å²) in [6.07, 6.45) is 1.78. The normalized spacial score (nSPS) is 27.9. The van der Waals surface area contributed by atoms with Crippen LogP contribution in [0.25, 0.3) is 0 Å². The Labute approximate surface area is 94.6 Å². The van der Waals surface area contributed by atoms with Crippen LogP contribution in [0.3, 0.4) is 0 Å². The molecule has 1 fully saturated rings. The molecule has 1 aliphatic rings. The highest BCUT2D eigenvalue weighted by molar-refractivity contribution is 6.15. The lowest BCUT2D eigenvalue weighted by Gasteiger charge is -2.38. The molecule has 1 saturated heterocycles. The maximum absolute atomic E-state index is 11.8. The van der Waals surface area contributed by atoms with Crippen LogP contribution in [0.15, 0.2) is 0 Å². The van der Waals surface area contributed by atoms with Gasteiger partial charge in [-0.25, -0.2) is 4.79 Å². The summed E-state index contributed by atoms with van der Waals surface area (Å²) in [4.78, 5) is 13.5. The number of nitrogens with two attached hydrogens (primary N) is 1. The van der Waals surface area contributed by atoms with Crippen molar-refractivity contribution in [3.05, 3.63) is 0 Å². The smallest absolute Gasteiger partial charge is 0.410 e. The first kappa shape index (κ1) is 12.5. The van der Waals surface area contributed by atoms with Crippen molar-refractivity contribution in [3.63, 3.8) is 0 Å². The molecule has 0 bridgehead atoms. The molecule has 0 saturated carbocycles. The summed E-state index contributed by atoms with van der Waals surface area (Å²) in [6.45, 7) is 7.06. The van der Waals surface area contributed by atoms with Crippen LogP contribution >= 0.6 is 0 Å². The quantitative estimate of drug-likeness (QED) is 0.598. The number of hydrogen-bond acceptors (Lipinski definition) is 3. The summed E-state index contributed by atoms with van der Waals surface area (Å²) in [7, 11) is 0.914. The third-order valence-corrected chi connectivity index (χ3v) is 3.20. The van der Waals surface area contributed by atoms with E-state index in [0.717, 1.165) is 29.6 Å². The van der Waals surface area contributed by atoms with Crippen LogP contribution in [0.4, 0.5) is 4.79 Å². The average Bonchev–Trinajstić information content (AvgIpc) is 1.99. The molecule has 1 aliphatic heterocycles. The fourth-order valence-corrected chi connectivity index (χ4v) is 2.49. The van der Waals surface area contributed by atoms with Gasteiger partial charge < -0.3 is 15.4 Å². The molecule has 5 heteroatoms. The minimum atomic E-state index is -0.420. The lowest BCUT2D eigenvalue weighted by molar-refractivity contribution is 0.0183. The van der Waals surface area contributed by atoms with Gasteiger partial charge in [-0.05, 0) is 33.6 Å². The predicted octanol–water partition coefficient (Wildman–Crippen LogP) is 0.0377. The second-order valence-electron chi connectivity index (χ2n) is 5.66. The third kappa shape index (κ3) is 4.21. The largest absolute Gasteiger partial charge is 0.444 e. The van der Waals surface area contributed by atoms with E-state index < -0.39 is 5.60 Å². The first-order chi connectivity index (χ1) is 6.70. The molecule has 2 N–H and O–H groups in total. The van der Waals surface area contributed by atoms with Crippen molar-refractivity contribution in [2.24, 2.45) is 5.73 Å². The topological polar surface area (TPSA) is 55.6 Å². The van der Waals surface area contributed by atoms with Crippen molar-refractivity contribution >= 4 is 16.3 Å². The van der Waals surface area contributed by atoms with Crippen molar-refractivity contribution < 1.29 is 9.53 Å². The second-order valence-corrected chi connectivity index (χ2v) is 7.65. The highest BCUT2D eigenvalue weighted by Crippen LogP contribution is 2.18. The Morgan fingerprint density at radius 3 is 2.60 bits per heavy atom. The number of amides is 1. The van der Waals surface area contributed by atoms with Crippen LogP contribution in [0, 0.1) is 0 Å². The molecular weight excluding hydrogens is 208 g/mol. The van der Waals surface area contributed by atoms with Gasteiger partial charge in [-0.1, -0.05) is 0 Å². The first-order valence-corrected chi connectivity index (χ1v) is 6.46. The first-order valence-electron chi connectivity index (χ1n) is 5.46. The second kappa shape index (κ2) is 4.13. The molecular formula is C10H22N2O2Si. The third-order valence-electron chi connectivity index (χ3n) is 2.38. The van der Waals surface area contributed by atoms with Gasteiger partial charge in [0.25, 0.3) is 0 Å². The molecule has 0 aromatic rings. The molecule has 0 unspecified atom stereocenters. The van der Waals surface area contributed by atoms with Crippen molar-refractivity contribution in [2.45, 2.75) is 44.4 Å². The molecule has 1 atom stereocenters. The minimum absolute atomic E-state index is 0.130. The summed E-state index contributed by atoms with van der Waals surface area (Å²) in [5.41, 5.74) is 5.66. The average molecular weight is 230 g/mol. The van der Waals surface area contributed by atoms with Gasteiger partial charge in [-0.2, -0.15) is 0 Å². The molecule has 0 aromatic carbocycles. The number of carbonyl (C=O) groups is 1. The molecule has 0 aromatic heterocycles.